The lowest BCUT2D eigenvalue weighted by atomic mass is 9.75. The Morgan fingerprint density at radius 3 is 1.93 bits per heavy atom. The van der Waals surface area contributed by atoms with Crippen LogP contribution in [0.3, 0.4) is 0 Å². The highest BCUT2D eigenvalue weighted by molar-refractivity contribution is 5.87. The van der Waals surface area contributed by atoms with Crippen molar-refractivity contribution in [3.05, 3.63) is 11.6 Å². The van der Waals surface area contributed by atoms with Crippen molar-refractivity contribution in [2.75, 3.05) is 6.61 Å². The van der Waals surface area contributed by atoms with Gasteiger partial charge in [0.05, 0.1) is 6.61 Å². The van der Waals surface area contributed by atoms with Crippen molar-refractivity contribution in [3.8, 4) is 0 Å². The molecule has 0 fully saturated rings. The van der Waals surface area contributed by atoms with Gasteiger partial charge in [-0.1, -0.05) is 98.5 Å². The fraction of sp³-hybridized carbons (Fsp3) is 0.885. The van der Waals surface area contributed by atoms with Crippen molar-refractivity contribution in [1.29, 1.82) is 0 Å². The quantitative estimate of drug-likeness (QED) is 0.140. The summed E-state index contributed by atoms with van der Waals surface area (Å²) in [5, 5.41) is 0. The molecule has 1 unspecified atom stereocenters. The molecule has 0 bridgehead atoms. The molecule has 28 heavy (non-hydrogen) atoms. The Balaban J connectivity index is 3.89. The van der Waals surface area contributed by atoms with E-state index in [1.807, 2.05) is 6.92 Å². The van der Waals surface area contributed by atoms with Gasteiger partial charge in [0, 0.05) is 5.57 Å². The molecule has 0 aromatic carbocycles. The summed E-state index contributed by atoms with van der Waals surface area (Å²) in [4.78, 5) is 12.1. The Kier molecular flexibility index (Phi) is 16.6. The molecule has 166 valence electrons. The van der Waals surface area contributed by atoms with E-state index >= 15 is 0 Å². The van der Waals surface area contributed by atoms with E-state index in [0.717, 1.165) is 30.8 Å². The molecule has 1 atom stereocenters. The van der Waals surface area contributed by atoms with Gasteiger partial charge in [-0.25, -0.2) is 4.79 Å². The van der Waals surface area contributed by atoms with Crippen LogP contribution in [0.2, 0.25) is 0 Å². The Morgan fingerprint density at radius 1 is 0.821 bits per heavy atom. The molecule has 0 spiro atoms. The van der Waals surface area contributed by atoms with Gasteiger partial charge in [0.2, 0.25) is 0 Å². The molecule has 0 rings (SSSR count). The normalized spacial score (nSPS) is 13.6. The van der Waals surface area contributed by atoms with Gasteiger partial charge in [-0.05, 0) is 50.4 Å². The predicted octanol–water partition coefficient (Wildman–Crippen LogP) is 8.64. The summed E-state index contributed by atoms with van der Waals surface area (Å²) in [6.07, 6.45) is 19.5. The number of carbonyl (C=O) groups excluding carboxylic acids is 1. The van der Waals surface area contributed by atoms with Crippen LogP contribution >= 0.6 is 0 Å². The molecule has 0 aliphatic carbocycles. The summed E-state index contributed by atoms with van der Waals surface area (Å²) in [6.45, 7) is 14.1. The molecule has 0 saturated heterocycles. The topological polar surface area (TPSA) is 26.3 Å². The summed E-state index contributed by atoms with van der Waals surface area (Å²) in [6, 6.07) is 0. The summed E-state index contributed by atoms with van der Waals surface area (Å²) >= 11 is 0. The van der Waals surface area contributed by atoms with E-state index in [1.165, 1.54) is 70.6 Å². The van der Waals surface area contributed by atoms with Gasteiger partial charge in [-0.3, -0.25) is 0 Å². The second kappa shape index (κ2) is 17.1. The number of hydrogen-bond acceptors (Lipinski definition) is 2. The Hall–Kier alpha value is -0.790. The molecule has 2 nitrogen and oxygen atoms in total. The van der Waals surface area contributed by atoms with Crippen molar-refractivity contribution >= 4 is 5.97 Å². The van der Waals surface area contributed by atoms with E-state index in [2.05, 4.69) is 40.7 Å². The van der Waals surface area contributed by atoms with Crippen LogP contribution < -0.4 is 0 Å². The van der Waals surface area contributed by atoms with Gasteiger partial charge in [-0.15, -0.1) is 0 Å². The van der Waals surface area contributed by atoms with Crippen LogP contribution in [0.15, 0.2) is 11.6 Å². The monoisotopic (exact) mass is 394 g/mol. The van der Waals surface area contributed by atoms with Gasteiger partial charge in [0.15, 0.2) is 0 Å². The van der Waals surface area contributed by atoms with Crippen molar-refractivity contribution in [1.82, 2.24) is 0 Å². The SMILES string of the molecule is CCCCCCCCCCOC(=O)/C(C)=C/CCCC(CCCC)C(C)(C)C. The zero-order valence-electron chi connectivity index (χ0n) is 20.1. The largest absolute Gasteiger partial charge is 0.462 e. The highest BCUT2D eigenvalue weighted by Crippen LogP contribution is 2.34. The van der Waals surface area contributed by atoms with Gasteiger partial charge < -0.3 is 4.74 Å². The highest BCUT2D eigenvalue weighted by atomic mass is 16.5. The van der Waals surface area contributed by atoms with E-state index < -0.39 is 0 Å². The molecule has 0 aromatic rings. The predicted molar refractivity (Wildman–Crippen MR) is 124 cm³/mol. The first kappa shape index (κ1) is 27.2. The standard InChI is InChI=1S/C26H50O2/c1-7-9-11-12-13-14-15-18-22-28-25(27)23(3)19-16-17-21-24(20-10-8-2)26(4,5)6/h19,24H,7-18,20-22H2,1-6H3/b23-19+. The van der Waals surface area contributed by atoms with Crippen LogP contribution in [0.5, 0.6) is 0 Å². The average molecular weight is 395 g/mol. The van der Waals surface area contributed by atoms with Crippen LogP contribution in [0.1, 0.15) is 131 Å². The third-order valence-electron chi connectivity index (χ3n) is 5.89. The first-order valence-electron chi connectivity index (χ1n) is 12.2. The molecular formula is C26H50O2. The molecule has 0 amide bonds. The molecule has 0 aromatic heterocycles. The van der Waals surface area contributed by atoms with E-state index in [1.54, 1.807) is 0 Å². The molecule has 0 radical (unpaired) electrons. The third-order valence-corrected chi connectivity index (χ3v) is 5.89. The lowest BCUT2D eigenvalue weighted by molar-refractivity contribution is -0.139. The zero-order valence-corrected chi connectivity index (χ0v) is 20.1. The van der Waals surface area contributed by atoms with E-state index in [9.17, 15) is 4.79 Å². The minimum Gasteiger partial charge on any atom is -0.462 e. The third kappa shape index (κ3) is 15.2. The Bertz CT molecular complexity index is 403. The van der Waals surface area contributed by atoms with Crippen molar-refractivity contribution in [2.45, 2.75) is 131 Å². The number of carbonyl (C=O) groups is 1. The number of rotatable bonds is 17. The lowest BCUT2D eigenvalue weighted by Gasteiger charge is -2.31. The molecule has 0 N–H and O–H groups in total. The molecule has 0 saturated carbocycles. The maximum absolute atomic E-state index is 12.1. The number of unbranched alkanes of at least 4 members (excludes halogenated alkanes) is 9. The van der Waals surface area contributed by atoms with Crippen LogP contribution in [0.25, 0.3) is 0 Å². The van der Waals surface area contributed by atoms with Crippen molar-refractivity contribution in [3.63, 3.8) is 0 Å². The average Bonchev–Trinajstić information content (AvgIpc) is 2.64. The van der Waals surface area contributed by atoms with Gasteiger partial charge >= 0.3 is 5.97 Å². The second-order valence-electron chi connectivity index (χ2n) is 9.63. The van der Waals surface area contributed by atoms with Crippen LogP contribution in [0.4, 0.5) is 0 Å². The minimum absolute atomic E-state index is 0.124. The second-order valence-corrected chi connectivity index (χ2v) is 9.63. The van der Waals surface area contributed by atoms with Crippen LogP contribution in [0, 0.1) is 11.3 Å². The van der Waals surface area contributed by atoms with Crippen molar-refractivity contribution < 1.29 is 9.53 Å². The zero-order chi connectivity index (χ0) is 21.3. The number of hydrogen-bond donors (Lipinski definition) is 0. The first-order valence-corrected chi connectivity index (χ1v) is 12.2. The Morgan fingerprint density at radius 2 is 1.36 bits per heavy atom. The van der Waals surface area contributed by atoms with E-state index in [0.29, 0.717) is 12.0 Å². The van der Waals surface area contributed by atoms with Gasteiger partial charge in [-0.2, -0.15) is 0 Å². The number of allylic oxidation sites excluding steroid dienone is 1. The number of ether oxygens (including phenoxy) is 1. The summed E-state index contributed by atoms with van der Waals surface area (Å²) < 4.78 is 5.43. The van der Waals surface area contributed by atoms with Gasteiger partial charge in [0.25, 0.3) is 0 Å². The summed E-state index contributed by atoms with van der Waals surface area (Å²) in [7, 11) is 0. The summed E-state index contributed by atoms with van der Waals surface area (Å²) in [5.41, 5.74) is 1.16. The first-order chi connectivity index (χ1) is 13.3. The van der Waals surface area contributed by atoms with Gasteiger partial charge in [0.1, 0.15) is 0 Å². The van der Waals surface area contributed by atoms with E-state index in [4.69, 9.17) is 4.74 Å². The molecular weight excluding hydrogens is 344 g/mol. The van der Waals surface area contributed by atoms with Crippen LogP contribution in [-0.4, -0.2) is 12.6 Å². The molecule has 0 aliphatic rings. The summed E-state index contributed by atoms with van der Waals surface area (Å²) in [5.74, 6) is 0.649. The molecule has 0 heterocycles. The highest BCUT2D eigenvalue weighted by Gasteiger charge is 2.23. The van der Waals surface area contributed by atoms with Crippen molar-refractivity contribution in [2.24, 2.45) is 11.3 Å². The molecule has 0 aliphatic heterocycles. The maximum atomic E-state index is 12.1. The minimum atomic E-state index is -0.124. The smallest absolute Gasteiger partial charge is 0.333 e. The van der Waals surface area contributed by atoms with Crippen LogP contribution in [-0.2, 0) is 9.53 Å². The fourth-order valence-electron chi connectivity index (χ4n) is 3.74. The lowest BCUT2D eigenvalue weighted by Crippen LogP contribution is -2.20. The van der Waals surface area contributed by atoms with E-state index in [-0.39, 0.29) is 5.97 Å². The number of esters is 1. The maximum Gasteiger partial charge on any atom is 0.333 e. The molecule has 2 heteroatoms. The Labute approximate surface area is 176 Å². The fourth-order valence-corrected chi connectivity index (χ4v) is 3.74.